The van der Waals surface area contributed by atoms with Crippen molar-refractivity contribution in [2.24, 2.45) is 23.2 Å². The fourth-order valence-corrected chi connectivity index (χ4v) is 8.37. The van der Waals surface area contributed by atoms with Crippen LogP contribution in [0.2, 0.25) is 18.1 Å². The lowest BCUT2D eigenvalue weighted by atomic mass is 9.63. The second-order valence-corrected chi connectivity index (χ2v) is 18.8. The summed E-state index contributed by atoms with van der Waals surface area (Å²) in [5.74, 6) is 0.769. The number of ether oxygens (including phenoxy) is 1. The van der Waals surface area contributed by atoms with E-state index in [4.69, 9.17) is 9.16 Å². The molecule has 0 aliphatic heterocycles. The average Bonchev–Trinajstić information content (AvgIpc) is 3.44. The standard InChI is InChI=1S/C31H49NO3SSi/c1-8-31(20-11-21-31)28(35-37(6,7)30(2,3)4)15-10-14-26-23(16-17-24(26)22-32)12-9-13-25-18-19-27(36-25)29(33)34-5/h10,14,18-19,23-24,26,28H,8-9,11-13,15-17,20-21H2,1-7H3/b14-10+/t23-,24-,26+,28?/m0/s1. The molecule has 1 heterocycles. The van der Waals surface area contributed by atoms with Crippen LogP contribution in [0, 0.1) is 34.5 Å². The summed E-state index contributed by atoms with van der Waals surface area (Å²) in [5.41, 5.74) is 0.327. The second-order valence-electron chi connectivity index (χ2n) is 12.9. The van der Waals surface area contributed by atoms with Crippen molar-refractivity contribution >= 4 is 25.6 Å². The lowest BCUT2D eigenvalue weighted by molar-refractivity contribution is -0.0272. The van der Waals surface area contributed by atoms with Crippen LogP contribution in [-0.4, -0.2) is 27.5 Å². The monoisotopic (exact) mass is 543 g/mol. The van der Waals surface area contributed by atoms with Gasteiger partial charge in [0, 0.05) is 4.88 Å². The molecular formula is C31H49NO3SSi. The summed E-state index contributed by atoms with van der Waals surface area (Å²) >= 11 is 1.54. The van der Waals surface area contributed by atoms with Crippen LogP contribution in [0.1, 0.15) is 100 Å². The van der Waals surface area contributed by atoms with Gasteiger partial charge in [0.05, 0.1) is 25.2 Å². The average molecular weight is 544 g/mol. The molecule has 0 saturated heterocycles. The zero-order chi connectivity index (χ0) is 27.3. The minimum absolute atomic E-state index is 0.123. The molecule has 2 aliphatic rings. The summed E-state index contributed by atoms with van der Waals surface area (Å²) in [7, 11) is -0.436. The Hall–Kier alpha value is -1.42. The lowest BCUT2D eigenvalue weighted by Crippen LogP contribution is -2.51. The first-order valence-corrected chi connectivity index (χ1v) is 18.1. The van der Waals surface area contributed by atoms with Crippen LogP contribution in [0.25, 0.3) is 0 Å². The zero-order valence-corrected chi connectivity index (χ0v) is 26.1. The highest BCUT2D eigenvalue weighted by Gasteiger charge is 2.47. The number of nitriles is 1. The van der Waals surface area contributed by atoms with Crippen molar-refractivity contribution in [1.29, 1.82) is 5.26 Å². The number of nitrogens with zero attached hydrogens (tertiary/aromatic N) is 1. The van der Waals surface area contributed by atoms with Crippen LogP contribution in [0.15, 0.2) is 24.3 Å². The number of esters is 1. The minimum atomic E-state index is -1.86. The Kier molecular flexibility index (Phi) is 10.3. The Morgan fingerprint density at radius 2 is 2.03 bits per heavy atom. The van der Waals surface area contributed by atoms with Crippen LogP contribution < -0.4 is 0 Å². The van der Waals surface area contributed by atoms with Gasteiger partial charge in [0.15, 0.2) is 8.32 Å². The molecule has 6 heteroatoms. The molecule has 37 heavy (non-hydrogen) atoms. The fourth-order valence-electron chi connectivity index (χ4n) is 6.00. The molecular weight excluding hydrogens is 494 g/mol. The van der Waals surface area contributed by atoms with E-state index in [9.17, 15) is 10.1 Å². The third kappa shape index (κ3) is 7.16. The number of hydrogen-bond donors (Lipinski definition) is 0. The highest BCUT2D eigenvalue weighted by Crippen LogP contribution is 2.51. The van der Waals surface area contributed by atoms with Crippen LogP contribution in [0.5, 0.6) is 0 Å². The van der Waals surface area contributed by atoms with Gasteiger partial charge in [-0.2, -0.15) is 5.26 Å². The summed E-state index contributed by atoms with van der Waals surface area (Å²) in [6, 6.07) is 6.53. The van der Waals surface area contributed by atoms with Gasteiger partial charge in [0.2, 0.25) is 0 Å². The van der Waals surface area contributed by atoms with Crippen molar-refractivity contribution in [3.8, 4) is 6.07 Å². The summed E-state index contributed by atoms with van der Waals surface area (Å²) in [6.45, 7) is 14.1. The van der Waals surface area contributed by atoms with Crippen LogP contribution in [-0.2, 0) is 15.6 Å². The predicted octanol–water partition coefficient (Wildman–Crippen LogP) is 8.94. The smallest absolute Gasteiger partial charge is 0.348 e. The molecule has 0 radical (unpaired) electrons. The Bertz CT molecular complexity index is 960. The molecule has 3 rings (SSSR count). The van der Waals surface area contributed by atoms with E-state index in [0.29, 0.717) is 22.1 Å². The van der Waals surface area contributed by atoms with E-state index in [0.717, 1.165) is 38.5 Å². The van der Waals surface area contributed by atoms with E-state index in [1.165, 1.54) is 49.0 Å². The molecule has 1 aromatic rings. The maximum Gasteiger partial charge on any atom is 0.348 e. The molecule has 2 fully saturated rings. The van der Waals surface area contributed by atoms with Crippen molar-refractivity contribution in [2.45, 2.75) is 116 Å². The molecule has 1 aromatic heterocycles. The van der Waals surface area contributed by atoms with Gasteiger partial charge in [0.1, 0.15) is 4.88 Å². The number of aryl methyl sites for hydroxylation is 1. The lowest BCUT2D eigenvalue weighted by Gasteiger charge is -2.51. The first-order chi connectivity index (χ1) is 17.5. The second kappa shape index (κ2) is 12.6. The van der Waals surface area contributed by atoms with Crippen molar-refractivity contribution in [1.82, 2.24) is 0 Å². The molecule has 206 valence electrons. The van der Waals surface area contributed by atoms with Crippen LogP contribution >= 0.6 is 11.3 Å². The van der Waals surface area contributed by atoms with E-state index in [1.54, 1.807) is 0 Å². The molecule has 2 aliphatic carbocycles. The van der Waals surface area contributed by atoms with Gasteiger partial charge >= 0.3 is 5.97 Å². The summed E-state index contributed by atoms with van der Waals surface area (Å²) in [5, 5.41) is 10.1. The highest BCUT2D eigenvalue weighted by atomic mass is 32.1. The van der Waals surface area contributed by atoms with Gasteiger partial charge < -0.3 is 9.16 Å². The van der Waals surface area contributed by atoms with E-state index < -0.39 is 8.32 Å². The SMILES string of the molecule is CCC1(C(C/C=C/[C@@H]2[C@@H](CCCc3ccc(C(=O)OC)s3)CC[C@H]2C#N)O[Si](C)(C)C(C)(C)C)CCC1. The van der Waals surface area contributed by atoms with Gasteiger partial charge in [-0.15, -0.1) is 11.3 Å². The van der Waals surface area contributed by atoms with E-state index in [2.05, 4.69) is 59.0 Å². The predicted molar refractivity (Wildman–Crippen MR) is 156 cm³/mol. The van der Waals surface area contributed by atoms with E-state index in [-0.39, 0.29) is 23.0 Å². The van der Waals surface area contributed by atoms with Crippen molar-refractivity contribution < 1.29 is 14.0 Å². The number of hydrogen-bond acceptors (Lipinski definition) is 5. The van der Waals surface area contributed by atoms with Gasteiger partial charge in [-0.25, -0.2) is 4.79 Å². The van der Waals surface area contributed by atoms with E-state index >= 15 is 0 Å². The van der Waals surface area contributed by atoms with Gasteiger partial charge in [-0.3, -0.25) is 0 Å². The number of carbonyl (C=O) groups is 1. The topological polar surface area (TPSA) is 59.3 Å². The number of carbonyl (C=O) groups excluding carboxylic acids is 1. The Labute approximate surface area is 231 Å². The maximum absolute atomic E-state index is 11.7. The van der Waals surface area contributed by atoms with Crippen LogP contribution in [0.3, 0.4) is 0 Å². The summed E-state index contributed by atoms with van der Waals surface area (Å²) in [6.07, 6.45) is 16.4. The number of rotatable bonds is 12. The minimum Gasteiger partial charge on any atom is -0.465 e. The normalized spacial score (nSPS) is 24.5. The molecule has 2 saturated carbocycles. The van der Waals surface area contributed by atoms with Crippen molar-refractivity contribution in [3.63, 3.8) is 0 Å². The number of methoxy groups -OCH3 is 1. The summed E-state index contributed by atoms with van der Waals surface area (Å²) in [4.78, 5) is 13.7. The van der Waals surface area contributed by atoms with Crippen molar-refractivity contribution in [3.05, 3.63) is 34.0 Å². The van der Waals surface area contributed by atoms with E-state index in [1.807, 2.05) is 12.1 Å². The molecule has 0 N–H and O–H groups in total. The molecule has 0 aromatic carbocycles. The molecule has 4 atom stereocenters. The van der Waals surface area contributed by atoms with Crippen LogP contribution in [0.4, 0.5) is 0 Å². The Balaban J connectivity index is 1.63. The number of thiophene rings is 1. The quantitative estimate of drug-likeness (QED) is 0.150. The summed E-state index contributed by atoms with van der Waals surface area (Å²) < 4.78 is 11.9. The first-order valence-electron chi connectivity index (χ1n) is 14.4. The first kappa shape index (κ1) is 30.1. The fraction of sp³-hybridized carbons (Fsp3) is 0.742. The third-order valence-electron chi connectivity index (χ3n) is 9.76. The molecule has 4 nitrogen and oxygen atoms in total. The molecule has 0 bridgehead atoms. The zero-order valence-electron chi connectivity index (χ0n) is 24.3. The molecule has 1 unspecified atom stereocenters. The highest BCUT2D eigenvalue weighted by molar-refractivity contribution is 7.13. The third-order valence-corrected chi connectivity index (χ3v) is 15.4. The van der Waals surface area contributed by atoms with Gasteiger partial charge in [-0.1, -0.05) is 46.3 Å². The largest absolute Gasteiger partial charge is 0.465 e. The Morgan fingerprint density at radius 1 is 1.30 bits per heavy atom. The van der Waals surface area contributed by atoms with Crippen molar-refractivity contribution in [2.75, 3.05) is 7.11 Å². The number of allylic oxidation sites excluding steroid dienone is 1. The maximum atomic E-state index is 11.7. The Morgan fingerprint density at radius 3 is 2.59 bits per heavy atom. The molecule has 0 spiro atoms. The van der Waals surface area contributed by atoms with Gasteiger partial charge in [-0.05, 0) is 105 Å². The molecule has 0 amide bonds. The van der Waals surface area contributed by atoms with Gasteiger partial charge in [0.25, 0.3) is 0 Å².